The summed E-state index contributed by atoms with van der Waals surface area (Å²) in [7, 11) is 0. The molecule has 4 nitrogen and oxygen atoms in total. The van der Waals surface area contributed by atoms with Crippen LogP contribution in [0.3, 0.4) is 0 Å². The highest BCUT2D eigenvalue weighted by molar-refractivity contribution is 5.67. The minimum Gasteiger partial charge on any atom is -0.481 e. The topological polar surface area (TPSA) is 77.8 Å². The second kappa shape index (κ2) is 5.50. The van der Waals surface area contributed by atoms with Crippen LogP contribution in [0, 0.1) is 27.7 Å². The Balaban J connectivity index is 3.20. The van der Waals surface area contributed by atoms with Gasteiger partial charge >= 0.3 is 5.97 Å². The molecule has 2 unspecified atom stereocenters. The number of hydrogen-bond acceptors (Lipinski definition) is 3. The Morgan fingerprint density at radius 3 is 1.94 bits per heavy atom. The summed E-state index contributed by atoms with van der Waals surface area (Å²) in [5, 5.41) is 28.5. The zero-order valence-corrected chi connectivity index (χ0v) is 11.2. The van der Waals surface area contributed by atoms with E-state index in [2.05, 4.69) is 0 Å². The molecule has 1 rings (SSSR count). The van der Waals surface area contributed by atoms with E-state index in [4.69, 9.17) is 5.11 Å². The van der Waals surface area contributed by atoms with Crippen LogP contribution in [0.1, 0.15) is 40.3 Å². The highest BCUT2D eigenvalue weighted by Crippen LogP contribution is 2.30. The van der Waals surface area contributed by atoms with Crippen LogP contribution in [0.4, 0.5) is 0 Å². The summed E-state index contributed by atoms with van der Waals surface area (Å²) >= 11 is 0. The number of aryl methyl sites for hydroxylation is 2. The number of carboxylic acid groups (broad SMARTS) is 1. The summed E-state index contributed by atoms with van der Waals surface area (Å²) in [5.41, 5.74) is 4.48. The van der Waals surface area contributed by atoms with Crippen molar-refractivity contribution in [1.29, 1.82) is 0 Å². The predicted octanol–water partition coefficient (Wildman–Crippen LogP) is 1.79. The molecule has 100 valence electrons. The molecule has 0 aliphatic rings. The summed E-state index contributed by atoms with van der Waals surface area (Å²) < 4.78 is 0. The summed E-state index contributed by atoms with van der Waals surface area (Å²) in [4.78, 5) is 10.6. The molecule has 0 heterocycles. The predicted molar refractivity (Wildman–Crippen MR) is 68.6 cm³/mol. The number of carbonyl (C=O) groups is 1. The van der Waals surface area contributed by atoms with Crippen molar-refractivity contribution >= 4 is 5.97 Å². The monoisotopic (exact) mass is 252 g/mol. The maximum Gasteiger partial charge on any atom is 0.306 e. The molecule has 0 aliphatic carbocycles. The van der Waals surface area contributed by atoms with E-state index in [0.717, 1.165) is 22.3 Å². The number of rotatable bonds is 4. The first-order valence-corrected chi connectivity index (χ1v) is 5.91. The Kier molecular flexibility index (Phi) is 4.48. The highest BCUT2D eigenvalue weighted by atomic mass is 16.4. The van der Waals surface area contributed by atoms with Crippen molar-refractivity contribution in [2.24, 2.45) is 0 Å². The maximum atomic E-state index is 10.6. The van der Waals surface area contributed by atoms with Gasteiger partial charge in [0.15, 0.2) is 0 Å². The van der Waals surface area contributed by atoms with Crippen LogP contribution >= 0.6 is 0 Å². The Labute approximate surface area is 107 Å². The summed E-state index contributed by atoms with van der Waals surface area (Å²) in [6, 6.07) is 2.02. The number of hydrogen-bond donors (Lipinski definition) is 3. The van der Waals surface area contributed by atoms with Crippen LogP contribution in [-0.4, -0.2) is 27.4 Å². The van der Waals surface area contributed by atoms with E-state index in [1.807, 2.05) is 33.8 Å². The Hall–Kier alpha value is -1.39. The van der Waals surface area contributed by atoms with Gasteiger partial charge in [0.1, 0.15) is 6.10 Å². The molecular weight excluding hydrogens is 232 g/mol. The molecule has 0 spiro atoms. The van der Waals surface area contributed by atoms with E-state index in [1.54, 1.807) is 0 Å². The first kappa shape index (κ1) is 14.7. The minimum absolute atomic E-state index is 0.465. The molecule has 4 heteroatoms. The lowest BCUT2D eigenvalue weighted by Gasteiger charge is -2.23. The summed E-state index contributed by atoms with van der Waals surface area (Å²) in [6.07, 6.45) is -2.92. The quantitative estimate of drug-likeness (QED) is 0.763. The third-order valence-corrected chi connectivity index (χ3v) is 3.47. The van der Waals surface area contributed by atoms with E-state index in [9.17, 15) is 15.0 Å². The molecule has 0 radical (unpaired) electrons. The summed E-state index contributed by atoms with van der Waals surface area (Å²) in [5.74, 6) is -1.12. The van der Waals surface area contributed by atoms with E-state index in [1.165, 1.54) is 0 Å². The number of aliphatic hydroxyl groups excluding tert-OH is 2. The van der Waals surface area contributed by atoms with Gasteiger partial charge in [-0.3, -0.25) is 4.79 Å². The molecule has 1 aromatic rings. The smallest absolute Gasteiger partial charge is 0.306 e. The summed E-state index contributed by atoms with van der Waals surface area (Å²) in [6.45, 7) is 7.60. The van der Waals surface area contributed by atoms with E-state index < -0.39 is 24.6 Å². The van der Waals surface area contributed by atoms with Crippen LogP contribution in [0.15, 0.2) is 6.07 Å². The number of benzene rings is 1. The van der Waals surface area contributed by atoms with Crippen molar-refractivity contribution in [2.75, 3.05) is 0 Å². The second-order valence-corrected chi connectivity index (χ2v) is 4.78. The lowest BCUT2D eigenvalue weighted by Crippen LogP contribution is -2.23. The zero-order chi connectivity index (χ0) is 14.0. The van der Waals surface area contributed by atoms with Gasteiger partial charge in [-0.1, -0.05) is 6.07 Å². The molecule has 0 amide bonds. The van der Waals surface area contributed by atoms with Gasteiger partial charge in [-0.05, 0) is 55.5 Å². The number of aliphatic carboxylic acids is 1. The van der Waals surface area contributed by atoms with Crippen LogP contribution in [0.5, 0.6) is 0 Å². The van der Waals surface area contributed by atoms with Gasteiger partial charge in [-0.15, -0.1) is 0 Å². The van der Waals surface area contributed by atoms with Gasteiger partial charge < -0.3 is 15.3 Å². The van der Waals surface area contributed by atoms with Crippen LogP contribution in [0.25, 0.3) is 0 Å². The van der Waals surface area contributed by atoms with Crippen LogP contribution in [-0.2, 0) is 4.79 Å². The van der Waals surface area contributed by atoms with E-state index in [0.29, 0.717) is 5.56 Å². The molecule has 0 saturated carbocycles. The van der Waals surface area contributed by atoms with Crippen molar-refractivity contribution in [1.82, 2.24) is 0 Å². The Bertz CT molecular complexity index is 439. The fraction of sp³-hybridized carbons (Fsp3) is 0.500. The number of carboxylic acids is 1. The van der Waals surface area contributed by atoms with Gasteiger partial charge in [-0.2, -0.15) is 0 Å². The van der Waals surface area contributed by atoms with Crippen LogP contribution < -0.4 is 0 Å². The van der Waals surface area contributed by atoms with E-state index >= 15 is 0 Å². The van der Waals surface area contributed by atoms with Crippen molar-refractivity contribution < 1.29 is 20.1 Å². The molecule has 0 saturated heterocycles. The average Bonchev–Trinajstić information content (AvgIpc) is 2.25. The van der Waals surface area contributed by atoms with Gasteiger partial charge in [0, 0.05) is 0 Å². The largest absolute Gasteiger partial charge is 0.481 e. The van der Waals surface area contributed by atoms with Gasteiger partial charge in [0.05, 0.1) is 12.5 Å². The Morgan fingerprint density at radius 2 is 1.56 bits per heavy atom. The number of aliphatic hydroxyl groups is 2. The van der Waals surface area contributed by atoms with Gasteiger partial charge in [0.2, 0.25) is 0 Å². The molecule has 1 aromatic carbocycles. The fourth-order valence-electron chi connectivity index (χ4n) is 2.17. The highest BCUT2D eigenvalue weighted by Gasteiger charge is 2.25. The molecule has 0 aromatic heterocycles. The van der Waals surface area contributed by atoms with Crippen molar-refractivity contribution in [3.63, 3.8) is 0 Å². The fourth-order valence-corrected chi connectivity index (χ4v) is 2.17. The van der Waals surface area contributed by atoms with Crippen molar-refractivity contribution in [3.8, 4) is 0 Å². The SMILES string of the molecule is Cc1cc(C)c(C)c(C(O)C(O)CC(=O)O)c1C. The second-order valence-electron chi connectivity index (χ2n) is 4.78. The minimum atomic E-state index is -1.29. The molecule has 2 atom stereocenters. The lowest BCUT2D eigenvalue weighted by atomic mass is 9.88. The maximum absolute atomic E-state index is 10.6. The third-order valence-electron chi connectivity index (χ3n) is 3.47. The molecule has 0 bridgehead atoms. The molecular formula is C14H20O4. The normalized spacial score (nSPS) is 14.3. The first-order valence-electron chi connectivity index (χ1n) is 5.91. The standard InChI is InChI=1S/C14H20O4/c1-7-5-8(2)10(4)13(9(7)3)14(18)11(15)6-12(16)17/h5,11,14-15,18H,6H2,1-4H3,(H,16,17). The lowest BCUT2D eigenvalue weighted by molar-refractivity contribution is -0.141. The molecule has 0 aliphatic heterocycles. The zero-order valence-electron chi connectivity index (χ0n) is 11.2. The molecule has 0 fully saturated rings. The third kappa shape index (κ3) is 2.89. The van der Waals surface area contributed by atoms with Gasteiger partial charge in [0.25, 0.3) is 0 Å². The van der Waals surface area contributed by atoms with Crippen molar-refractivity contribution in [2.45, 2.75) is 46.3 Å². The van der Waals surface area contributed by atoms with Gasteiger partial charge in [-0.25, -0.2) is 0 Å². The van der Waals surface area contributed by atoms with E-state index in [-0.39, 0.29) is 0 Å². The molecule has 18 heavy (non-hydrogen) atoms. The Morgan fingerprint density at radius 1 is 1.11 bits per heavy atom. The first-order chi connectivity index (χ1) is 8.25. The average molecular weight is 252 g/mol. The van der Waals surface area contributed by atoms with Crippen molar-refractivity contribution in [3.05, 3.63) is 33.9 Å². The molecule has 3 N–H and O–H groups in total. The van der Waals surface area contributed by atoms with Crippen LogP contribution in [0.2, 0.25) is 0 Å².